The molecule has 0 atom stereocenters. The van der Waals surface area contributed by atoms with Crippen molar-refractivity contribution in [1.82, 2.24) is 10.2 Å². The smallest absolute Gasteiger partial charge is 0.255 e. The Morgan fingerprint density at radius 3 is 2.33 bits per heavy atom. The third kappa shape index (κ3) is 4.20. The van der Waals surface area contributed by atoms with Crippen LogP contribution in [0.1, 0.15) is 23.2 Å². The molecule has 2 aromatic carbocycles. The van der Waals surface area contributed by atoms with Gasteiger partial charge in [0.25, 0.3) is 5.91 Å². The van der Waals surface area contributed by atoms with Crippen molar-refractivity contribution in [2.75, 3.05) is 37.5 Å². The van der Waals surface area contributed by atoms with Gasteiger partial charge in [0.05, 0.1) is 25.6 Å². The molecule has 7 heteroatoms. The number of carbonyl (C=O) groups excluding carboxylic acids is 1. The highest BCUT2D eigenvalue weighted by Gasteiger charge is 2.15. The van der Waals surface area contributed by atoms with Crippen LogP contribution in [0.15, 0.2) is 54.6 Å². The first-order valence-corrected chi connectivity index (χ1v) is 9.90. The zero-order valence-electron chi connectivity index (χ0n) is 17.1. The van der Waals surface area contributed by atoms with E-state index >= 15 is 0 Å². The average Bonchev–Trinajstić information content (AvgIpc) is 3.34. The van der Waals surface area contributed by atoms with Gasteiger partial charge in [-0.2, -0.15) is 0 Å². The van der Waals surface area contributed by atoms with E-state index in [1.807, 2.05) is 24.3 Å². The molecule has 2 heterocycles. The summed E-state index contributed by atoms with van der Waals surface area (Å²) in [5, 5.41) is 11.6. The lowest BCUT2D eigenvalue weighted by Gasteiger charge is -2.15. The summed E-state index contributed by atoms with van der Waals surface area (Å²) in [6, 6.07) is 16.5. The molecule has 3 aromatic rings. The minimum Gasteiger partial charge on any atom is -0.497 e. The minimum atomic E-state index is -0.222. The van der Waals surface area contributed by atoms with Crippen LogP contribution >= 0.6 is 0 Å². The highest BCUT2D eigenvalue weighted by molar-refractivity contribution is 6.05. The Morgan fingerprint density at radius 2 is 1.70 bits per heavy atom. The Balaban J connectivity index is 1.46. The van der Waals surface area contributed by atoms with E-state index in [4.69, 9.17) is 9.47 Å². The molecule has 0 unspecified atom stereocenters. The minimum absolute atomic E-state index is 0.222. The van der Waals surface area contributed by atoms with Crippen LogP contribution in [-0.4, -0.2) is 43.4 Å². The van der Waals surface area contributed by atoms with E-state index in [1.165, 1.54) is 12.8 Å². The molecule has 0 bridgehead atoms. The van der Waals surface area contributed by atoms with Crippen LogP contribution in [0.25, 0.3) is 11.3 Å². The third-order valence-corrected chi connectivity index (χ3v) is 5.18. The summed E-state index contributed by atoms with van der Waals surface area (Å²) >= 11 is 0. The molecule has 7 nitrogen and oxygen atoms in total. The van der Waals surface area contributed by atoms with Crippen LogP contribution < -0.4 is 19.7 Å². The monoisotopic (exact) mass is 404 g/mol. The summed E-state index contributed by atoms with van der Waals surface area (Å²) in [4.78, 5) is 14.9. The maximum Gasteiger partial charge on any atom is 0.255 e. The van der Waals surface area contributed by atoms with Gasteiger partial charge in [0, 0.05) is 30.3 Å². The van der Waals surface area contributed by atoms with Crippen molar-refractivity contribution < 1.29 is 14.3 Å². The van der Waals surface area contributed by atoms with E-state index in [9.17, 15) is 4.79 Å². The van der Waals surface area contributed by atoms with Crippen LogP contribution in [0.3, 0.4) is 0 Å². The predicted octanol–water partition coefficient (Wildman–Crippen LogP) is 4.01. The lowest BCUT2D eigenvalue weighted by atomic mass is 10.1. The van der Waals surface area contributed by atoms with Crippen LogP contribution in [0.4, 0.5) is 11.5 Å². The maximum absolute atomic E-state index is 12.6. The number of benzene rings is 2. The molecule has 0 radical (unpaired) electrons. The topological polar surface area (TPSA) is 76.6 Å². The number of hydrogen-bond acceptors (Lipinski definition) is 6. The fourth-order valence-corrected chi connectivity index (χ4v) is 3.48. The second kappa shape index (κ2) is 8.82. The third-order valence-electron chi connectivity index (χ3n) is 5.18. The number of hydrogen-bond donors (Lipinski definition) is 1. The van der Waals surface area contributed by atoms with Gasteiger partial charge >= 0.3 is 0 Å². The van der Waals surface area contributed by atoms with Crippen LogP contribution in [0.5, 0.6) is 11.5 Å². The van der Waals surface area contributed by atoms with Crippen LogP contribution in [0, 0.1) is 0 Å². The summed E-state index contributed by atoms with van der Waals surface area (Å²) < 4.78 is 10.5. The van der Waals surface area contributed by atoms with Gasteiger partial charge in [-0.05, 0) is 49.2 Å². The van der Waals surface area contributed by atoms with Gasteiger partial charge in [-0.1, -0.05) is 12.1 Å². The fraction of sp³-hybridized carbons (Fsp3) is 0.261. The maximum atomic E-state index is 12.6. The quantitative estimate of drug-likeness (QED) is 0.669. The van der Waals surface area contributed by atoms with Crippen LogP contribution in [-0.2, 0) is 0 Å². The molecule has 1 saturated heterocycles. The predicted molar refractivity (Wildman–Crippen MR) is 116 cm³/mol. The highest BCUT2D eigenvalue weighted by Crippen LogP contribution is 2.29. The normalized spacial score (nSPS) is 13.2. The molecule has 154 valence electrons. The SMILES string of the molecule is COc1ccc(NC(=O)c2ccc(-c3ccc(N4CCCC4)nn3)cc2)c(OC)c1. The van der Waals surface area contributed by atoms with E-state index in [2.05, 4.69) is 20.4 Å². The molecule has 30 heavy (non-hydrogen) atoms. The van der Waals surface area contributed by atoms with Crippen molar-refractivity contribution in [1.29, 1.82) is 0 Å². The van der Waals surface area contributed by atoms with Gasteiger partial charge in [-0.25, -0.2) is 0 Å². The van der Waals surface area contributed by atoms with E-state index in [0.717, 1.165) is 30.2 Å². The summed E-state index contributed by atoms with van der Waals surface area (Å²) in [5.74, 6) is 1.89. The molecule has 0 spiro atoms. The first kappa shape index (κ1) is 19.7. The Morgan fingerprint density at radius 1 is 0.933 bits per heavy atom. The number of carbonyl (C=O) groups is 1. The van der Waals surface area contributed by atoms with E-state index in [0.29, 0.717) is 22.7 Å². The zero-order chi connectivity index (χ0) is 20.9. The standard InChI is InChI=1S/C23H24N4O3/c1-29-18-9-10-20(21(15-18)30-2)24-23(28)17-7-5-16(6-8-17)19-11-12-22(26-25-19)27-13-3-4-14-27/h5-12,15H,3-4,13-14H2,1-2H3,(H,24,28). The second-order valence-electron chi connectivity index (χ2n) is 7.07. The summed E-state index contributed by atoms with van der Waals surface area (Å²) in [5.41, 5.74) is 2.81. The molecule has 1 N–H and O–H groups in total. The first-order valence-electron chi connectivity index (χ1n) is 9.90. The molecule has 1 aromatic heterocycles. The Labute approximate surface area is 175 Å². The number of amides is 1. The van der Waals surface area contributed by atoms with Gasteiger partial charge in [-0.15, -0.1) is 10.2 Å². The number of nitrogens with one attached hydrogen (secondary N) is 1. The molecule has 1 aliphatic heterocycles. The van der Waals surface area contributed by atoms with Crippen molar-refractivity contribution in [3.8, 4) is 22.8 Å². The molecule has 1 fully saturated rings. The first-order chi connectivity index (χ1) is 14.7. The van der Waals surface area contributed by atoms with Gasteiger partial charge < -0.3 is 19.7 Å². The lowest BCUT2D eigenvalue weighted by Crippen LogP contribution is -2.19. The van der Waals surface area contributed by atoms with Gasteiger partial charge in [0.1, 0.15) is 11.5 Å². The number of nitrogens with zero attached hydrogens (tertiary/aromatic N) is 3. The molecule has 4 rings (SSSR count). The average molecular weight is 404 g/mol. The van der Waals surface area contributed by atoms with Crippen molar-refractivity contribution in [2.45, 2.75) is 12.8 Å². The summed E-state index contributed by atoms with van der Waals surface area (Å²) in [6.07, 6.45) is 2.41. The molecular weight excluding hydrogens is 380 g/mol. The molecule has 1 aliphatic rings. The fourth-order valence-electron chi connectivity index (χ4n) is 3.48. The highest BCUT2D eigenvalue weighted by atomic mass is 16.5. The molecule has 0 saturated carbocycles. The number of anilines is 2. The number of aromatic nitrogens is 2. The summed E-state index contributed by atoms with van der Waals surface area (Å²) in [7, 11) is 3.13. The number of ether oxygens (including phenoxy) is 2. The van der Waals surface area contributed by atoms with Gasteiger partial charge in [0.15, 0.2) is 5.82 Å². The second-order valence-corrected chi connectivity index (χ2v) is 7.07. The molecular formula is C23H24N4O3. The van der Waals surface area contributed by atoms with Crippen LogP contribution in [0.2, 0.25) is 0 Å². The van der Waals surface area contributed by atoms with Crippen molar-refractivity contribution in [2.24, 2.45) is 0 Å². The van der Waals surface area contributed by atoms with Crippen molar-refractivity contribution in [3.05, 3.63) is 60.2 Å². The van der Waals surface area contributed by atoms with E-state index in [-0.39, 0.29) is 5.91 Å². The van der Waals surface area contributed by atoms with E-state index in [1.54, 1.807) is 44.6 Å². The summed E-state index contributed by atoms with van der Waals surface area (Å²) in [6.45, 7) is 2.08. The zero-order valence-corrected chi connectivity index (χ0v) is 17.1. The Kier molecular flexibility index (Phi) is 5.79. The van der Waals surface area contributed by atoms with E-state index < -0.39 is 0 Å². The lowest BCUT2D eigenvalue weighted by molar-refractivity contribution is 0.102. The van der Waals surface area contributed by atoms with Crippen molar-refractivity contribution >= 4 is 17.4 Å². The molecule has 0 aliphatic carbocycles. The van der Waals surface area contributed by atoms with Gasteiger partial charge in [0.2, 0.25) is 0 Å². The largest absolute Gasteiger partial charge is 0.497 e. The number of rotatable bonds is 6. The number of methoxy groups -OCH3 is 2. The van der Waals surface area contributed by atoms with Crippen molar-refractivity contribution in [3.63, 3.8) is 0 Å². The Bertz CT molecular complexity index is 1010. The van der Waals surface area contributed by atoms with Gasteiger partial charge in [-0.3, -0.25) is 4.79 Å². The Hall–Kier alpha value is -3.61. The molecule has 1 amide bonds.